The molecule has 0 radical (unpaired) electrons. The predicted octanol–water partition coefficient (Wildman–Crippen LogP) is 3.44. The van der Waals surface area contributed by atoms with Crippen molar-refractivity contribution >= 4 is 33.3 Å². The molecule has 0 unspecified atom stereocenters. The zero-order valence-electron chi connectivity index (χ0n) is 13.2. The molecule has 0 bridgehead atoms. The normalized spacial score (nSPS) is 28.0. The molecule has 2 heterocycles. The minimum Gasteiger partial charge on any atom is -0.382 e. The molecular formula is C17H21N3O2S. The number of fused-ring (bicyclic) bond motifs is 1. The fourth-order valence-corrected chi connectivity index (χ4v) is 4.58. The van der Waals surface area contributed by atoms with Gasteiger partial charge < -0.3 is 10.4 Å². The number of hydrogen-bond donors (Lipinski definition) is 2. The summed E-state index contributed by atoms with van der Waals surface area (Å²) in [7, 11) is 0. The molecule has 122 valence electrons. The zero-order chi connectivity index (χ0) is 16.0. The number of amides is 1. The van der Waals surface area contributed by atoms with Crippen molar-refractivity contribution in [2.24, 2.45) is 11.8 Å². The van der Waals surface area contributed by atoms with Crippen LogP contribution in [0.1, 0.15) is 50.5 Å². The summed E-state index contributed by atoms with van der Waals surface area (Å²) in [5, 5.41) is 14.8. The number of carbonyl (C=O) groups excluding carboxylic acids is 1. The van der Waals surface area contributed by atoms with E-state index in [0.29, 0.717) is 5.82 Å². The molecule has 2 fully saturated rings. The van der Waals surface area contributed by atoms with E-state index in [2.05, 4.69) is 22.2 Å². The lowest BCUT2D eigenvalue weighted by Gasteiger charge is -2.36. The molecule has 2 atom stereocenters. The van der Waals surface area contributed by atoms with Crippen LogP contribution < -0.4 is 5.32 Å². The average molecular weight is 331 g/mol. The second-order valence-electron chi connectivity index (χ2n) is 6.86. The summed E-state index contributed by atoms with van der Waals surface area (Å²) in [6.45, 7) is 2.10. The number of hydrogen-bond acceptors (Lipinski definition) is 5. The number of carbonyl (C=O) groups is 1. The van der Waals surface area contributed by atoms with Crippen LogP contribution in [0.4, 0.5) is 5.82 Å². The molecule has 2 aliphatic rings. The summed E-state index contributed by atoms with van der Waals surface area (Å²) in [4.78, 5) is 21.0. The minimum atomic E-state index is -0.848. The first-order valence-corrected chi connectivity index (χ1v) is 9.19. The van der Waals surface area contributed by atoms with Gasteiger partial charge in [0.15, 0.2) is 5.82 Å². The molecule has 23 heavy (non-hydrogen) atoms. The van der Waals surface area contributed by atoms with Crippen molar-refractivity contribution in [1.82, 2.24) is 9.97 Å². The van der Waals surface area contributed by atoms with Crippen LogP contribution in [0, 0.1) is 11.8 Å². The summed E-state index contributed by atoms with van der Waals surface area (Å²) < 4.78 is 0.864. The third-order valence-corrected chi connectivity index (χ3v) is 6.37. The SMILES string of the molecule is C[C@H]1CCCC[C@@]1(O)c1nc2ccnc(NC(=O)C3CC3)c2s1. The van der Waals surface area contributed by atoms with Crippen molar-refractivity contribution in [3.63, 3.8) is 0 Å². The number of anilines is 1. The lowest BCUT2D eigenvalue weighted by molar-refractivity contribution is -0.117. The van der Waals surface area contributed by atoms with Gasteiger partial charge in [-0.15, -0.1) is 11.3 Å². The predicted molar refractivity (Wildman–Crippen MR) is 90.3 cm³/mol. The topological polar surface area (TPSA) is 75.1 Å². The molecule has 2 N–H and O–H groups in total. The zero-order valence-corrected chi connectivity index (χ0v) is 14.0. The molecule has 0 saturated heterocycles. The highest BCUT2D eigenvalue weighted by Crippen LogP contribution is 2.44. The van der Waals surface area contributed by atoms with E-state index >= 15 is 0 Å². The van der Waals surface area contributed by atoms with Crippen LogP contribution in [-0.4, -0.2) is 21.0 Å². The Labute approximate surface area is 139 Å². The summed E-state index contributed by atoms with van der Waals surface area (Å²) in [5.41, 5.74) is -0.0445. The maximum absolute atomic E-state index is 12.0. The van der Waals surface area contributed by atoms with E-state index in [0.717, 1.165) is 47.3 Å². The first-order chi connectivity index (χ1) is 11.1. The maximum atomic E-state index is 12.0. The van der Waals surface area contributed by atoms with Crippen molar-refractivity contribution in [1.29, 1.82) is 0 Å². The van der Waals surface area contributed by atoms with Crippen LogP contribution in [0.2, 0.25) is 0 Å². The van der Waals surface area contributed by atoms with E-state index in [1.807, 2.05) is 6.07 Å². The Morgan fingerprint density at radius 2 is 2.22 bits per heavy atom. The Bertz CT molecular complexity index is 755. The van der Waals surface area contributed by atoms with Crippen molar-refractivity contribution < 1.29 is 9.90 Å². The lowest BCUT2D eigenvalue weighted by Crippen LogP contribution is -2.36. The van der Waals surface area contributed by atoms with Gasteiger partial charge in [0.25, 0.3) is 0 Å². The second-order valence-corrected chi connectivity index (χ2v) is 7.86. The van der Waals surface area contributed by atoms with E-state index in [1.165, 1.54) is 17.8 Å². The van der Waals surface area contributed by atoms with Crippen molar-refractivity contribution in [3.05, 3.63) is 17.3 Å². The minimum absolute atomic E-state index is 0.0460. The molecule has 2 aromatic rings. The molecule has 4 rings (SSSR count). The van der Waals surface area contributed by atoms with Gasteiger partial charge in [-0.1, -0.05) is 19.8 Å². The number of thiazole rings is 1. The molecule has 2 saturated carbocycles. The number of nitrogens with zero attached hydrogens (tertiary/aromatic N) is 2. The van der Waals surface area contributed by atoms with Crippen molar-refractivity contribution in [3.8, 4) is 0 Å². The molecular weight excluding hydrogens is 310 g/mol. The fourth-order valence-electron chi connectivity index (χ4n) is 3.34. The Hall–Kier alpha value is -1.53. The number of aliphatic hydroxyl groups is 1. The van der Waals surface area contributed by atoms with Gasteiger partial charge in [0.2, 0.25) is 5.91 Å². The van der Waals surface area contributed by atoms with Crippen LogP contribution >= 0.6 is 11.3 Å². The number of rotatable bonds is 3. The average Bonchev–Trinajstić information content (AvgIpc) is 3.29. The Kier molecular flexibility index (Phi) is 3.61. The molecule has 0 spiro atoms. The van der Waals surface area contributed by atoms with E-state index in [1.54, 1.807) is 6.20 Å². The van der Waals surface area contributed by atoms with E-state index in [-0.39, 0.29) is 17.7 Å². The molecule has 0 aromatic carbocycles. The van der Waals surface area contributed by atoms with Gasteiger partial charge in [0, 0.05) is 12.1 Å². The van der Waals surface area contributed by atoms with E-state index in [9.17, 15) is 9.90 Å². The number of aromatic nitrogens is 2. The molecule has 2 aliphatic carbocycles. The highest BCUT2D eigenvalue weighted by Gasteiger charge is 2.40. The molecule has 6 heteroatoms. The maximum Gasteiger partial charge on any atom is 0.228 e. The third kappa shape index (κ3) is 2.64. The second kappa shape index (κ2) is 5.53. The van der Waals surface area contributed by atoms with Gasteiger partial charge in [-0.3, -0.25) is 4.79 Å². The van der Waals surface area contributed by atoms with E-state index in [4.69, 9.17) is 0 Å². The van der Waals surface area contributed by atoms with Crippen LogP contribution in [0.5, 0.6) is 0 Å². The highest BCUT2D eigenvalue weighted by atomic mass is 32.1. The molecule has 1 amide bonds. The highest BCUT2D eigenvalue weighted by molar-refractivity contribution is 7.19. The molecule has 5 nitrogen and oxygen atoms in total. The number of pyridine rings is 1. The van der Waals surface area contributed by atoms with Crippen molar-refractivity contribution in [2.75, 3.05) is 5.32 Å². The molecule has 0 aliphatic heterocycles. The summed E-state index contributed by atoms with van der Waals surface area (Å²) in [5.74, 6) is 0.969. The monoisotopic (exact) mass is 331 g/mol. The first-order valence-electron chi connectivity index (χ1n) is 8.37. The quantitative estimate of drug-likeness (QED) is 0.903. The summed E-state index contributed by atoms with van der Waals surface area (Å²) >= 11 is 1.47. The van der Waals surface area contributed by atoms with Gasteiger partial charge in [0.05, 0.1) is 10.2 Å². The smallest absolute Gasteiger partial charge is 0.228 e. The Morgan fingerprint density at radius 3 is 2.96 bits per heavy atom. The van der Waals surface area contributed by atoms with Gasteiger partial charge in [-0.25, -0.2) is 9.97 Å². The van der Waals surface area contributed by atoms with Crippen molar-refractivity contribution in [2.45, 2.75) is 51.0 Å². The lowest BCUT2D eigenvalue weighted by atomic mass is 9.77. The van der Waals surface area contributed by atoms with E-state index < -0.39 is 5.60 Å². The number of nitrogens with one attached hydrogen (secondary N) is 1. The Balaban J connectivity index is 1.71. The van der Waals surface area contributed by atoms with Crippen LogP contribution in [0.25, 0.3) is 10.2 Å². The largest absolute Gasteiger partial charge is 0.382 e. The standard InChI is InChI=1S/C17H21N3O2S/c1-10-4-2-3-8-17(10,22)16-19-12-7-9-18-14(13(12)23-16)20-15(21)11-5-6-11/h7,9-11,22H,2-6,8H2,1H3,(H,18,20,21)/t10-,17-/m0/s1. The molecule has 2 aromatic heterocycles. The van der Waals surface area contributed by atoms with Gasteiger partial charge in [-0.05, 0) is 37.7 Å². The van der Waals surface area contributed by atoms with Gasteiger partial charge in [0.1, 0.15) is 10.6 Å². The Morgan fingerprint density at radius 1 is 1.39 bits per heavy atom. The van der Waals surface area contributed by atoms with Gasteiger partial charge in [-0.2, -0.15) is 0 Å². The van der Waals surface area contributed by atoms with Crippen LogP contribution in [-0.2, 0) is 10.4 Å². The third-order valence-electron chi connectivity index (χ3n) is 5.12. The van der Waals surface area contributed by atoms with Crippen LogP contribution in [0.15, 0.2) is 12.3 Å². The summed E-state index contributed by atoms with van der Waals surface area (Å²) in [6.07, 6.45) is 7.57. The first kappa shape index (κ1) is 15.0. The van der Waals surface area contributed by atoms with Gasteiger partial charge >= 0.3 is 0 Å². The van der Waals surface area contributed by atoms with Crippen LogP contribution in [0.3, 0.4) is 0 Å². The fraction of sp³-hybridized carbons (Fsp3) is 0.588. The summed E-state index contributed by atoms with van der Waals surface area (Å²) in [6, 6.07) is 1.85.